The van der Waals surface area contributed by atoms with Crippen molar-refractivity contribution in [1.82, 2.24) is 14.7 Å². The molecule has 20 heavy (non-hydrogen) atoms. The molecule has 0 fully saturated rings. The van der Waals surface area contributed by atoms with Gasteiger partial charge in [0.25, 0.3) is 5.56 Å². The third-order valence-corrected chi connectivity index (χ3v) is 3.22. The van der Waals surface area contributed by atoms with E-state index in [9.17, 15) is 4.79 Å². The molecule has 3 rings (SSSR count). The summed E-state index contributed by atoms with van der Waals surface area (Å²) in [5.41, 5.74) is 1.69. The van der Waals surface area contributed by atoms with Gasteiger partial charge in [0.2, 0.25) is 5.89 Å². The third kappa shape index (κ3) is 2.27. The number of hydrogen-bond acceptors (Lipinski definition) is 5. The summed E-state index contributed by atoms with van der Waals surface area (Å²) in [6, 6.07) is 9.40. The molecule has 0 aliphatic rings. The maximum atomic E-state index is 11.9. The topological polar surface area (TPSA) is 73.0 Å². The van der Waals surface area contributed by atoms with E-state index in [1.807, 2.05) is 24.3 Å². The molecule has 0 saturated carbocycles. The summed E-state index contributed by atoms with van der Waals surface area (Å²) in [7, 11) is 1.77. The van der Waals surface area contributed by atoms with E-state index in [2.05, 4.69) is 15.5 Å². The van der Waals surface area contributed by atoms with Gasteiger partial charge in [-0.3, -0.25) is 4.79 Å². The van der Waals surface area contributed by atoms with Crippen molar-refractivity contribution in [2.24, 2.45) is 7.05 Å². The number of aromatic nitrogens is 3. The molecule has 0 aliphatic carbocycles. The second kappa shape index (κ2) is 5.16. The fourth-order valence-electron chi connectivity index (χ4n) is 2.17. The Morgan fingerprint density at radius 3 is 3.00 bits per heavy atom. The average Bonchev–Trinajstić information content (AvgIpc) is 2.97. The van der Waals surface area contributed by atoms with Crippen LogP contribution < -0.4 is 10.9 Å². The van der Waals surface area contributed by atoms with Crippen LogP contribution in [0.2, 0.25) is 0 Å². The van der Waals surface area contributed by atoms with Crippen LogP contribution >= 0.6 is 0 Å². The van der Waals surface area contributed by atoms with Crippen LogP contribution in [-0.4, -0.2) is 21.3 Å². The van der Waals surface area contributed by atoms with E-state index < -0.39 is 0 Å². The number of anilines is 1. The molecule has 2 aromatic heterocycles. The molecule has 2 heterocycles. The van der Waals surface area contributed by atoms with Gasteiger partial charge in [0.1, 0.15) is 0 Å². The van der Waals surface area contributed by atoms with Gasteiger partial charge in [-0.25, -0.2) is 0 Å². The molecule has 0 bridgehead atoms. The molecular formula is C14H14N4O2. The van der Waals surface area contributed by atoms with E-state index in [0.29, 0.717) is 18.9 Å². The second-order valence-electron chi connectivity index (χ2n) is 4.48. The Kier molecular flexibility index (Phi) is 3.20. The van der Waals surface area contributed by atoms with Crippen molar-refractivity contribution in [3.8, 4) is 0 Å². The molecule has 0 saturated heterocycles. The summed E-state index contributed by atoms with van der Waals surface area (Å²) in [5, 5.41) is 7.82. The Morgan fingerprint density at radius 2 is 2.20 bits per heavy atom. The number of fused-ring (bicyclic) bond motifs is 1. The van der Waals surface area contributed by atoms with E-state index in [0.717, 1.165) is 16.6 Å². The zero-order chi connectivity index (χ0) is 13.9. The molecule has 102 valence electrons. The normalized spacial score (nSPS) is 10.8. The van der Waals surface area contributed by atoms with Crippen LogP contribution in [0.4, 0.5) is 5.69 Å². The van der Waals surface area contributed by atoms with Crippen LogP contribution in [0.15, 0.2) is 46.0 Å². The Morgan fingerprint density at radius 1 is 1.35 bits per heavy atom. The monoisotopic (exact) mass is 270 g/mol. The van der Waals surface area contributed by atoms with Crippen LogP contribution in [0.5, 0.6) is 0 Å². The van der Waals surface area contributed by atoms with Crippen molar-refractivity contribution < 1.29 is 4.52 Å². The fraction of sp³-hybridized carbons (Fsp3) is 0.214. The van der Waals surface area contributed by atoms with Gasteiger partial charge in [0.05, 0.1) is 5.52 Å². The van der Waals surface area contributed by atoms with Crippen molar-refractivity contribution in [1.29, 1.82) is 0 Å². The van der Waals surface area contributed by atoms with Crippen LogP contribution in [-0.2, 0) is 13.5 Å². The van der Waals surface area contributed by atoms with Gasteiger partial charge >= 0.3 is 0 Å². The van der Waals surface area contributed by atoms with E-state index in [-0.39, 0.29) is 5.56 Å². The highest BCUT2D eigenvalue weighted by Gasteiger charge is 2.06. The lowest BCUT2D eigenvalue weighted by atomic mass is 10.2. The van der Waals surface area contributed by atoms with Gasteiger partial charge in [-0.15, -0.1) is 0 Å². The molecule has 0 atom stereocenters. The number of nitrogens with zero attached hydrogens (tertiary/aromatic N) is 3. The van der Waals surface area contributed by atoms with Gasteiger partial charge in [0.15, 0.2) is 6.33 Å². The van der Waals surface area contributed by atoms with E-state index in [1.165, 1.54) is 6.33 Å². The Bertz CT molecular complexity index is 777. The Balaban J connectivity index is 1.87. The predicted molar refractivity (Wildman–Crippen MR) is 75.7 cm³/mol. The average molecular weight is 270 g/mol. The van der Waals surface area contributed by atoms with Crippen LogP contribution in [0.3, 0.4) is 0 Å². The fourth-order valence-corrected chi connectivity index (χ4v) is 2.17. The maximum Gasteiger partial charge on any atom is 0.252 e. The lowest BCUT2D eigenvalue weighted by Gasteiger charge is -2.11. The summed E-state index contributed by atoms with van der Waals surface area (Å²) in [6.45, 7) is 0.624. The van der Waals surface area contributed by atoms with Gasteiger partial charge in [-0.2, -0.15) is 4.98 Å². The minimum atomic E-state index is -0.0380. The molecule has 3 aromatic rings. The SMILES string of the molecule is Cn1c(=O)cc(NCCc2ncno2)c2ccccc21. The Hall–Kier alpha value is -2.63. The predicted octanol–water partition coefficient (Wildman–Crippen LogP) is 1.58. The van der Waals surface area contributed by atoms with Crippen molar-refractivity contribution in [3.05, 3.63) is 52.9 Å². The number of pyridine rings is 1. The van der Waals surface area contributed by atoms with Crippen molar-refractivity contribution in [2.75, 3.05) is 11.9 Å². The number of aryl methyl sites for hydroxylation is 1. The quantitative estimate of drug-likeness (QED) is 0.779. The Labute approximate surface area is 115 Å². The molecule has 6 nitrogen and oxygen atoms in total. The van der Waals surface area contributed by atoms with Crippen LogP contribution in [0, 0.1) is 0 Å². The molecular weight excluding hydrogens is 256 g/mol. The van der Waals surface area contributed by atoms with Gasteiger partial charge in [-0.1, -0.05) is 23.4 Å². The molecule has 0 aliphatic heterocycles. The molecule has 1 N–H and O–H groups in total. The lowest BCUT2D eigenvalue weighted by molar-refractivity contribution is 0.380. The van der Waals surface area contributed by atoms with Gasteiger partial charge < -0.3 is 14.4 Å². The van der Waals surface area contributed by atoms with Crippen LogP contribution in [0.1, 0.15) is 5.89 Å². The molecule has 6 heteroatoms. The zero-order valence-electron chi connectivity index (χ0n) is 11.0. The summed E-state index contributed by atoms with van der Waals surface area (Å²) in [5.74, 6) is 0.575. The highest BCUT2D eigenvalue weighted by atomic mass is 16.5. The highest BCUT2D eigenvalue weighted by molar-refractivity contribution is 5.91. The number of nitrogens with one attached hydrogen (secondary N) is 1. The summed E-state index contributed by atoms with van der Waals surface area (Å²) in [6.07, 6.45) is 1.99. The van der Waals surface area contributed by atoms with Crippen molar-refractivity contribution >= 4 is 16.6 Å². The molecule has 0 amide bonds. The summed E-state index contributed by atoms with van der Waals surface area (Å²) in [4.78, 5) is 15.9. The summed E-state index contributed by atoms with van der Waals surface area (Å²) >= 11 is 0. The first kappa shape index (κ1) is 12.4. The van der Waals surface area contributed by atoms with E-state index in [4.69, 9.17) is 4.52 Å². The standard InChI is InChI=1S/C14H14N4O2/c1-18-12-5-3-2-4-10(12)11(8-14(18)19)15-7-6-13-16-9-17-20-13/h2-5,8-9,15H,6-7H2,1H3. The van der Waals surface area contributed by atoms with E-state index >= 15 is 0 Å². The molecule has 0 unspecified atom stereocenters. The smallest absolute Gasteiger partial charge is 0.252 e. The van der Waals surface area contributed by atoms with Gasteiger partial charge in [0, 0.05) is 37.2 Å². The molecule has 1 aromatic carbocycles. The number of hydrogen-bond donors (Lipinski definition) is 1. The lowest BCUT2D eigenvalue weighted by Crippen LogP contribution is -2.18. The second-order valence-corrected chi connectivity index (χ2v) is 4.48. The minimum absolute atomic E-state index is 0.0380. The largest absolute Gasteiger partial charge is 0.384 e. The van der Waals surface area contributed by atoms with E-state index in [1.54, 1.807) is 17.7 Å². The van der Waals surface area contributed by atoms with Crippen molar-refractivity contribution in [3.63, 3.8) is 0 Å². The number of rotatable bonds is 4. The van der Waals surface area contributed by atoms with Crippen molar-refractivity contribution in [2.45, 2.75) is 6.42 Å². The summed E-state index contributed by atoms with van der Waals surface area (Å²) < 4.78 is 6.57. The highest BCUT2D eigenvalue weighted by Crippen LogP contribution is 2.20. The number of para-hydroxylation sites is 1. The zero-order valence-corrected chi connectivity index (χ0v) is 11.0. The minimum Gasteiger partial charge on any atom is -0.384 e. The third-order valence-electron chi connectivity index (χ3n) is 3.22. The first-order chi connectivity index (χ1) is 9.75. The first-order valence-electron chi connectivity index (χ1n) is 6.34. The molecule has 0 spiro atoms. The van der Waals surface area contributed by atoms with Gasteiger partial charge in [-0.05, 0) is 6.07 Å². The van der Waals surface area contributed by atoms with Crippen LogP contribution in [0.25, 0.3) is 10.9 Å². The molecule has 0 radical (unpaired) electrons. The first-order valence-corrected chi connectivity index (χ1v) is 6.34. The number of benzene rings is 1. The maximum absolute atomic E-state index is 11.9.